The first-order valence-corrected chi connectivity index (χ1v) is 16.6. The molecule has 0 N–H and O–H groups in total. The van der Waals surface area contributed by atoms with Gasteiger partial charge in [0.2, 0.25) is 0 Å². The van der Waals surface area contributed by atoms with Crippen molar-refractivity contribution in [2.45, 2.75) is 0 Å². The first kappa shape index (κ1) is 25.8. The Kier molecular flexibility index (Phi) is 5.14. The molecule has 0 atom stereocenters. The van der Waals surface area contributed by atoms with Gasteiger partial charge >= 0.3 is 0 Å². The topological polar surface area (TPSA) is 9.86 Å². The number of hydrogen-bond acceptors (Lipinski definition) is 0. The Balaban J connectivity index is 1.29. The molecule has 2 heterocycles. The zero-order valence-corrected chi connectivity index (χ0v) is 26.1. The van der Waals surface area contributed by atoms with Gasteiger partial charge in [-0.2, -0.15) is 0 Å². The lowest BCUT2D eigenvalue weighted by Crippen LogP contribution is -1.97. The van der Waals surface area contributed by atoms with E-state index in [-0.39, 0.29) is 0 Å². The molecule has 9 aromatic carbocycles. The number of fused-ring (bicyclic) bond motifs is 14. The van der Waals surface area contributed by atoms with Crippen LogP contribution in [0.25, 0.3) is 98.1 Å². The Morgan fingerprint density at radius 2 is 0.875 bits per heavy atom. The van der Waals surface area contributed by atoms with E-state index in [1.54, 1.807) is 0 Å². The van der Waals surface area contributed by atoms with Gasteiger partial charge in [0.25, 0.3) is 0 Å². The van der Waals surface area contributed by atoms with Crippen LogP contribution in [-0.2, 0) is 0 Å². The van der Waals surface area contributed by atoms with Crippen LogP contribution in [0.1, 0.15) is 0 Å². The molecule has 11 aromatic rings. The van der Waals surface area contributed by atoms with Crippen molar-refractivity contribution in [2.24, 2.45) is 0 Å². The molecular formula is C46H28N2. The van der Waals surface area contributed by atoms with Crippen LogP contribution < -0.4 is 0 Å². The Hall–Kier alpha value is -6.38. The summed E-state index contributed by atoms with van der Waals surface area (Å²) in [5.41, 5.74) is 7.26. The standard InChI is InChI=1S/C46H28N2/c1-3-15-32-29(12-1)14-11-23-40(32)48-41-21-9-7-17-34(41)39-28-31(25-27-43(39)48)47-42-22-10-8-20-37(42)45-38-26-24-30-13-2-4-16-33(30)44(38)35-18-5-6-19-36(35)46(45)47/h1-28H. The summed E-state index contributed by atoms with van der Waals surface area (Å²) in [6, 6.07) is 62.5. The van der Waals surface area contributed by atoms with Crippen molar-refractivity contribution >= 4 is 86.7 Å². The molecule has 2 heteroatoms. The zero-order chi connectivity index (χ0) is 31.3. The first-order valence-electron chi connectivity index (χ1n) is 16.6. The van der Waals surface area contributed by atoms with Gasteiger partial charge < -0.3 is 9.13 Å². The van der Waals surface area contributed by atoms with Crippen LogP contribution in [-0.4, -0.2) is 9.13 Å². The molecule has 2 nitrogen and oxygen atoms in total. The zero-order valence-electron chi connectivity index (χ0n) is 26.1. The van der Waals surface area contributed by atoms with Crippen LogP contribution in [0.15, 0.2) is 170 Å². The fraction of sp³-hybridized carbons (Fsp3) is 0. The maximum Gasteiger partial charge on any atom is 0.0625 e. The highest BCUT2D eigenvalue weighted by atomic mass is 15.0. The van der Waals surface area contributed by atoms with Gasteiger partial charge in [-0.05, 0) is 68.7 Å². The summed E-state index contributed by atoms with van der Waals surface area (Å²) >= 11 is 0. The fourth-order valence-corrected chi connectivity index (χ4v) is 8.48. The minimum absolute atomic E-state index is 1.17. The van der Waals surface area contributed by atoms with Crippen LogP contribution in [0.3, 0.4) is 0 Å². The van der Waals surface area contributed by atoms with Gasteiger partial charge in [0.15, 0.2) is 0 Å². The minimum Gasteiger partial charge on any atom is -0.309 e. The molecule has 0 saturated heterocycles. The van der Waals surface area contributed by atoms with E-state index in [1.165, 1.54) is 98.1 Å². The normalized spacial score (nSPS) is 12.2. The number of rotatable bonds is 2. The van der Waals surface area contributed by atoms with Crippen molar-refractivity contribution in [1.82, 2.24) is 9.13 Å². The molecule has 0 aliphatic carbocycles. The molecule has 0 aliphatic rings. The van der Waals surface area contributed by atoms with Crippen molar-refractivity contribution in [3.8, 4) is 11.4 Å². The Morgan fingerprint density at radius 1 is 0.292 bits per heavy atom. The van der Waals surface area contributed by atoms with Crippen molar-refractivity contribution in [3.05, 3.63) is 170 Å². The summed E-state index contributed by atoms with van der Waals surface area (Å²) in [5.74, 6) is 0. The molecule has 48 heavy (non-hydrogen) atoms. The number of nitrogens with zero attached hydrogens (tertiary/aromatic N) is 2. The molecule has 0 unspecified atom stereocenters. The molecule has 0 amide bonds. The third kappa shape index (κ3) is 3.36. The van der Waals surface area contributed by atoms with Gasteiger partial charge in [0.05, 0.1) is 27.8 Å². The first-order chi connectivity index (χ1) is 23.8. The van der Waals surface area contributed by atoms with Gasteiger partial charge in [0, 0.05) is 38.0 Å². The molecule has 0 spiro atoms. The van der Waals surface area contributed by atoms with Crippen molar-refractivity contribution in [1.29, 1.82) is 0 Å². The van der Waals surface area contributed by atoms with Gasteiger partial charge in [-0.25, -0.2) is 0 Å². The van der Waals surface area contributed by atoms with E-state index in [0.29, 0.717) is 0 Å². The average Bonchev–Trinajstić information content (AvgIpc) is 3.68. The summed E-state index contributed by atoms with van der Waals surface area (Å²) in [5, 5.41) is 15.3. The predicted octanol–water partition coefficient (Wildman–Crippen LogP) is 12.5. The van der Waals surface area contributed by atoms with E-state index in [2.05, 4.69) is 179 Å². The van der Waals surface area contributed by atoms with E-state index in [0.717, 1.165) is 0 Å². The van der Waals surface area contributed by atoms with Gasteiger partial charge in [-0.3, -0.25) is 0 Å². The Bertz CT molecular complexity index is 3110. The third-order valence-electron chi connectivity index (χ3n) is 10.4. The Morgan fingerprint density at radius 3 is 1.69 bits per heavy atom. The fourth-order valence-electron chi connectivity index (χ4n) is 8.48. The quantitative estimate of drug-likeness (QED) is 0.173. The molecule has 0 radical (unpaired) electrons. The van der Waals surface area contributed by atoms with E-state index >= 15 is 0 Å². The van der Waals surface area contributed by atoms with Gasteiger partial charge in [0.1, 0.15) is 0 Å². The van der Waals surface area contributed by atoms with Crippen molar-refractivity contribution < 1.29 is 0 Å². The highest BCUT2D eigenvalue weighted by Crippen LogP contribution is 2.45. The minimum atomic E-state index is 1.17. The van der Waals surface area contributed by atoms with Gasteiger partial charge in [-0.15, -0.1) is 0 Å². The molecule has 2 aromatic heterocycles. The van der Waals surface area contributed by atoms with E-state index in [4.69, 9.17) is 0 Å². The number of benzene rings is 9. The van der Waals surface area contributed by atoms with Crippen LogP contribution >= 0.6 is 0 Å². The van der Waals surface area contributed by atoms with Crippen molar-refractivity contribution in [3.63, 3.8) is 0 Å². The lowest BCUT2D eigenvalue weighted by molar-refractivity contribution is 1.18. The number of aromatic nitrogens is 2. The number of hydrogen-bond donors (Lipinski definition) is 0. The predicted molar refractivity (Wildman–Crippen MR) is 205 cm³/mol. The van der Waals surface area contributed by atoms with Crippen LogP contribution in [0, 0.1) is 0 Å². The van der Waals surface area contributed by atoms with Crippen LogP contribution in [0.5, 0.6) is 0 Å². The molecule has 0 aliphatic heterocycles. The smallest absolute Gasteiger partial charge is 0.0625 e. The van der Waals surface area contributed by atoms with Crippen LogP contribution in [0.2, 0.25) is 0 Å². The molecule has 0 saturated carbocycles. The molecule has 0 bridgehead atoms. The summed E-state index contributed by atoms with van der Waals surface area (Å²) in [6.45, 7) is 0. The maximum absolute atomic E-state index is 2.51. The summed E-state index contributed by atoms with van der Waals surface area (Å²) < 4.78 is 4.95. The summed E-state index contributed by atoms with van der Waals surface area (Å²) in [4.78, 5) is 0. The van der Waals surface area contributed by atoms with E-state index in [1.807, 2.05) is 0 Å². The van der Waals surface area contributed by atoms with Crippen molar-refractivity contribution in [2.75, 3.05) is 0 Å². The lowest BCUT2D eigenvalue weighted by atomic mass is 9.93. The van der Waals surface area contributed by atoms with Crippen LogP contribution in [0.4, 0.5) is 0 Å². The summed E-state index contributed by atoms with van der Waals surface area (Å²) in [7, 11) is 0. The molecule has 0 fully saturated rings. The second-order valence-corrected chi connectivity index (χ2v) is 12.9. The van der Waals surface area contributed by atoms with E-state index < -0.39 is 0 Å². The molecule has 11 rings (SSSR count). The second-order valence-electron chi connectivity index (χ2n) is 12.9. The summed E-state index contributed by atoms with van der Waals surface area (Å²) in [6.07, 6.45) is 0. The third-order valence-corrected chi connectivity index (χ3v) is 10.4. The largest absolute Gasteiger partial charge is 0.309 e. The SMILES string of the molecule is c1ccc2c(-n3c4ccccc4c4cc(-n5c6ccccc6c6c7ccc8ccccc8c7c7ccccc7c65)ccc43)cccc2c1. The highest BCUT2D eigenvalue weighted by Gasteiger charge is 2.21. The maximum atomic E-state index is 2.51. The molecule has 222 valence electrons. The average molecular weight is 609 g/mol. The monoisotopic (exact) mass is 608 g/mol. The molecular weight excluding hydrogens is 581 g/mol. The highest BCUT2D eigenvalue weighted by molar-refractivity contribution is 6.36. The number of para-hydroxylation sites is 2. The Labute approximate surface area is 276 Å². The van der Waals surface area contributed by atoms with Gasteiger partial charge in [-0.1, -0.05) is 133 Å². The second kappa shape index (κ2) is 9.57. The van der Waals surface area contributed by atoms with E-state index in [9.17, 15) is 0 Å². The lowest BCUT2D eigenvalue weighted by Gasteiger charge is -2.14.